The summed E-state index contributed by atoms with van der Waals surface area (Å²) >= 11 is 5.82. The van der Waals surface area contributed by atoms with Crippen LogP contribution in [-0.4, -0.2) is 23.5 Å². The van der Waals surface area contributed by atoms with Crippen molar-refractivity contribution in [2.75, 3.05) is 0 Å². The molecule has 0 fully saturated rings. The van der Waals surface area contributed by atoms with Crippen molar-refractivity contribution in [1.82, 2.24) is 9.13 Å². The second-order valence-electron chi connectivity index (χ2n) is 5.70. The molecule has 8 nitrogen and oxygen atoms in total. The van der Waals surface area contributed by atoms with Gasteiger partial charge in [-0.25, -0.2) is 9.36 Å². The molecule has 0 spiro atoms. The molecule has 2 aromatic rings. The maximum Gasteiger partial charge on any atom is 0.332 e. The van der Waals surface area contributed by atoms with Gasteiger partial charge in [-0.15, -0.1) is 0 Å². The van der Waals surface area contributed by atoms with E-state index < -0.39 is 33.2 Å². The normalized spacial score (nSPS) is 11.2. The van der Waals surface area contributed by atoms with Crippen LogP contribution in [0, 0.1) is 0 Å². The zero-order chi connectivity index (χ0) is 18.8. The highest BCUT2D eigenvalue weighted by molar-refractivity contribution is 7.62. The Morgan fingerprint density at radius 1 is 1.16 bits per heavy atom. The predicted molar refractivity (Wildman–Crippen MR) is 91.2 cm³/mol. The van der Waals surface area contributed by atoms with Gasteiger partial charge in [0, 0.05) is 17.3 Å². The number of halogens is 1. The van der Waals surface area contributed by atoms with Crippen molar-refractivity contribution >= 4 is 28.0 Å². The first kappa shape index (κ1) is 18.8. The molecule has 1 amide bonds. The van der Waals surface area contributed by atoms with Crippen LogP contribution in [0.3, 0.4) is 0 Å². The average Bonchev–Trinajstić information content (AvgIpc) is 2.51. The van der Waals surface area contributed by atoms with Crippen molar-refractivity contribution in [3.8, 4) is 0 Å². The maximum atomic E-state index is 12.6. The third-order valence-corrected chi connectivity index (χ3v) is 4.13. The van der Waals surface area contributed by atoms with Crippen molar-refractivity contribution in [3.05, 3.63) is 68.0 Å². The first-order valence-electron chi connectivity index (χ1n) is 7.06. The summed E-state index contributed by atoms with van der Waals surface area (Å²) in [4.78, 5) is 36.8. The van der Waals surface area contributed by atoms with Crippen molar-refractivity contribution in [2.45, 2.75) is 25.9 Å². The molecular formula is C15H14ClN3O5S. The summed E-state index contributed by atoms with van der Waals surface area (Å²) in [5.41, 5.74) is -2.49. The van der Waals surface area contributed by atoms with Gasteiger partial charge >= 0.3 is 16.2 Å². The molecule has 2 rings (SSSR count). The van der Waals surface area contributed by atoms with Crippen LogP contribution < -0.4 is 11.2 Å². The molecule has 0 aliphatic rings. The largest absolute Gasteiger partial charge is 0.332 e. The minimum absolute atomic E-state index is 0.144. The molecule has 132 valence electrons. The molecule has 0 radical (unpaired) electrons. The number of hydrogen-bond acceptors (Lipinski definition) is 5. The van der Waals surface area contributed by atoms with Gasteiger partial charge in [0.25, 0.3) is 11.5 Å². The van der Waals surface area contributed by atoms with E-state index >= 15 is 0 Å². The monoisotopic (exact) mass is 383 g/mol. The Balaban J connectivity index is 2.55. The Labute approximate surface area is 149 Å². The van der Waals surface area contributed by atoms with Gasteiger partial charge in [-0.1, -0.05) is 28.1 Å². The Morgan fingerprint density at radius 2 is 1.76 bits per heavy atom. The van der Waals surface area contributed by atoms with Crippen LogP contribution in [0.1, 0.15) is 19.4 Å². The molecule has 0 N–H and O–H groups in total. The van der Waals surface area contributed by atoms with Crippen LogP contribution in [0.25, 0.3) is 0 Å². The second-order valence-corrected chi connectivity index (χ2v) is 6.75. The van der Waals surface area contributed by atoms with E-state index in [4.69, 9.17) is 11.6 Å². The van der Waals surface area contributed by atoms with E-state index in [0.29, 0.717) is 9.59 Å². The van der Waals surface area contributed by atoms with Gasteiger partial charge in [0.15, 0.2) is 0 Å². The molecule has 0 saturated carbocycles. The van der Waals surface area contributed by atoms with Crippen molar-refractivity contribution in [1.29, 1.82) is 0 Å². The molecule has 0 saturated heterocycles. The molecular weight excluding hydrogens is 370 g/mol. The number of carbonyl (C=O) groups is 1. The quantitative estimate of drug-likeness (QED) is 0.783. The summed E-state index contributed by atoms with van der Waals surface area (Å²) in [7, 11) is -2.98. The zero-order valence-electron chi connectivity index (χ0n) is 13.3. The molecule has 10 heteroatoms. The van der Waals surface area contributed by atoms with Crippen LogP contribution in [0.4, 0.5) is 0 Å². The summed E-state index contributed by atoms with van der Waals surface area (Å²) in [6.45, 7) is 2.65. The van der Waals surface area contributed by atoms with Crippen LogP contribution in [0.15, 0.2) is 50.5 Å². The molecule has 25 heavy (non-hydrogen) atoms. The lowest BCUT2D eigenvalue weighted by Gasteiger charge is -2.22. The van der Waals surface area contributed by atoms with Gasteiger partial charge in [-0.05, 0) is 31.5 Å². The summed E-state index contributed by atoms with van der Waals surface area (Å²) in [6.07, 6.45) is 1.30. The molecule has 0 aliphatic heterocycles. The predicted octanol–water partition coefficient (Wildman–Crippen LogP) is 1.04. The van der Waals surface area contributed by atoms with Gasteiger partial charge in [0.05, 0.1) is 6.54 Å². The van der Waals surface area contributed by atoms with Crippen molar-refractivity contribution in [2.24, 2.45) is 4.36 Å². The lowest BCUT2D eigenvalue weighted by atomic mass is 10.1. The Bertz CT molecular complexity index is 1060. The van der Waals surface area contributed by atoms with E-state index in [1.165, 1.54) is 24.6 Å². The fourth-order valence-electron chi connectivity index (χ4n) is 2.21. The summed E-state index contributed by atoms with van der Waals surface area (Å²) < 4.78 is 26.0. The third kappa shape index (κ3) is 4.12. The van der Waals surface area contributed by atoms with Crippen molar-refractivity contribution < 1.29 is 13.2 Å². The molecule has 0 bridgehead atoms. The average molecular weight is 384 g/mol. The molecule has 0 aliphatic carbocycles. The van der Waals surface area contributed by atoms with Crippen LogP contribution in [0.2, 0.25) is 5.02 Å². The summed E-state index contributed by atoms with van der Waals surface area (Å²) in [6, 6.07) is 7.88. The number of benzene rings is 1. The SMILES string of the molecule is CC(C)(C(=O)N=S(=O)=O)n1c(=O)ccn(Cc2ccc(Cl)cc2)c1=O. The van der Waals surface area contributed by atoms with Gasteiger partial charge in [0.1, 0.15) is 5.54 Å². The smallest absolute Gasteiger partial charge is 0.296 e. The lowest BCUT2D eigenvalue weighted by molar-refractivity contribution is -0.124. The number of carbonyl (C=O) groups excluding carboxylic acids is 1. The van der Waals surface area contributed by atoms with Gasteiger partial charge in [-0.2, -0.15) is 8.42 Å². The number of amides is 1. The summed E-state index contributed by atoms with van der Waals surface area (Å²) in [5, 5.41) is 0.542. The molecule has 1 aromatic heterocycles. The minimum atomic E-state index is -2.98. The standard InChI is InChI=1S/C15H14ClN3O5S/c1-15(2,13(21)17-25(23)24)19-12(20)7-8-18(14(19)22)9-10-3-5-11(16)6-4-10/h3-8H,9H2,1-2H3. The molecule has 1 heterocycles. The van der Waals surface area contributed by atoms with Crippen LogP contribution >= 0.6 is 11.6 Å². The first-order chi connectivity index (χ1) is 11.6. The van der Waals surface area contributed by atoms with E-state index in [1.54, 1.807) is 24.3 Å². The number of rotatable bonds is 4. The summed E-state index contributed by atoms with van der Waals surface area (Å²) in [5.74, 6) is -1.12. The maximum absolute atomic E-state index is 12.6. The van der Waals surface area contributed by atoms with E-state index in [1.807, 2.05) is 0 Å². The minimum Gasteiger partial charge on any atom is -0.296 e. The van der Waals surface area contributed by atoms with Crippen LogP contribution in [0.5, 0.6) is 0 Å². The fourth-order valence-corrected chi connectivity index (χ4v) is 2.70. The highest BCUT2D eigenvalue weighted by atomic mass is 35.5. The highest BCUT2D eigenvalue weighted by Crippen LogP contribution is 2.13. The van der Waals surface area contributed by atoms with Gasteiger partial charge in [-0.3, -0.25) is 14.2 Å². The lowest BCUT2D eigenvalue weighted by Crippen LogP contribution is -2.51. The molecule has 1 aromatic carbocycles. The van der Waals surface area contributed by atoms with Gasteiger partial charge < -0.3 is 0 Å². The molecule has 0 atom stereocenters. The van der Waals surface area contributed by atoms with Crippen molar-refractivity contribution in [3.63, 3.8) is 0 Å². The Hall–Kier alpha value is -2.52. The van der Waals surface area contributed by atoms with E-state index in [2.05, 4.69) is 4.36 Å². The third-order valence-electron chi connectivity index (χ3n) is 3.56. The fraction of sp³-hybridized carbons (Fsp3) is 0.267. The molecule has 0 unspecified atom stereocenters. The first-order valence-corrected chi connectivity index (χ1v) is 8.47. The van der Waals surface area contributed by atoms with Gasteiger partial charge in [0.2, 0.25) is 0 Å². The zero-order valence-corrected chi connectivity index (χ0v) is 14.9. The van der Waals surface area contributed by atoms with Crippen LogP contribution in [-0.2, 0) is 27.4 Å². The van der Waals surface area contributed by atoms with E-state index in [9.17, 15) is 22.8 Å². The second kappa shape index (κ2) is 7.16. The highest BCUT2D eigenvalue weighted by Gasteiger charge is 2.33. The number of aromatic nitrogens is 2. The Morgan fingerprint density at radius 3 is 2.32 bits per heavy atom. The number of hydrogen-bond donors (Lipinski definition) is 0. The van der Waals surface area contributed by atoms with E-state index in [0.717, 1.165) is 11.6 Å². The Kier molecular flexibility index (Phi) is 5.39. The number of nitrogens with zero attached hydrogens (tertiary/aromatic N) is 3. The van der Waals surface area contributed by atoms with E-state index in [-0.39, 0.29) is 6.54 Å². The topological polar surface area (TPSA) is 108 Å².